The lowest BCUT2D eigenvalue weighted by molar-refractivity contribution is 0.0738. The highest BCUT2D eigenvalue weighted by Crippen LogP contribution is 2.40. The lowest BCUT2D eigenvalue weighted by atomic mass is 9.78. The van der Waals surface area contributed by atoms with Crippen molar-refractivity contribution in [2.75, 3.05) is 39.3 Å². The molecule has 2 aliphatic heterocycles. The largest absolute Gasteiger partial charge is 0.384 e. The maximum absolute atomic E-state index is 8.85. The lowest BCUT2D eigenvalue weighted by Gasteiger charge is -2.42. The minimum absolute atomic E-state index is 0.0563. The van der Waals surface area contributed by atoms with E-state index in [1.54, 1.807) is 11.3 Å². The molecule has 1 aromatic rings. The molecule has 1 saturated carbocycles. The van der Waals surface area contributed by atoms with E-state index in [2.05, 4.69) is 33.8 Å². The number of hydrogen-bond acceptors (Lipinski definition) is 4. The van der Waals surface area contributed by atoms with Crippen LogP contribution in [0.5, 0.6) is 0 Å². The van der Waals surface area contributed by atoms with E-state index < -0.39 is 0 Å². The van der Waals surface area contributed by atoms with Crippen molar-refractivity contribution in [2.24, 2.45) is 11.3 Å². The highest BCUT2D eigenvalue weighted by atomic mass is 32.1. The Morgan fingerprint density at radius 3 is 2.74 bits per heavy atom. The van der Waals surface area contributed by atoms with Gasteiger partial charge in [-0.05, 0) is 68.7 Å². The van der Waals surface area contributed by atoms with Crippen LogP contribution in [0, 0.1) is 23.2 Å². The fourth-order valence-corrected chi connectivity index (χ4v) is 6.50. The van der Waals surface area contributed by atoms with Crippen LogP contribution in [-0.4, -0.2) is 54.2 Å². The molecule has 1 aromatic heterocycles. The molecule has 1 aliphatic carbocycles. The Hall–Kier alpha value is -0.860. The van der Waals surface area contributed by atoms with Crippen molar-refractivity contribution in [1.82, 2.24) is 9.80 Å². The molecule has 3 nitrogen and oxygen atoms in total. The third kappa shape index (κ3) is 5.15. The van der Waals surface area contributed by atoms with Gasteiger partial charge in [0.1, 0.15) is 6.61 Å². The quantitative estimate of drug-likeness (QED) is 0.794. The maximum atomic E-state index is 8.85. The van der Waals surface area contributed by atoms with Crippen LogP contribution in [0.3, 0.4) is 0 Å². The number of aliphatic hydroxyl groups excluding tert-OH is 1. The van der Waals surface area contributed by atoms with E-state index in [0.717, 1.165) is 17.3 Å². The van der Waals surface area contributed by atoms with Crippen molar-refractivity contribution < 1.29 is 5.11 Å². The molecule has 1 atom stereocenters. The van der Waals surface area contributed by atoms with Crippen LogP contribution in [0.25, 0.3) is 0 Å². The summed E-state index contributed by atoms with van der Waals surface area (Å²) in [5.74, 6) is 6.76. The maximum Gasteiger partial charge on any atom is 0.104 e. The van der Waals surface area contributed by atoms with Gasteiger partial charge in [0, 0.05) is 31.1 Å². The average molecular weight is 387 g/mol. The summed E-state index contributed by atoms with van der Waals surface area (Å²) in [6.45, 7) is 7.54. The average Bonchev–Trinajstić information content (AvgIpc) is 3.28. The number of piperidine rings is 1. The van der Waals surface area contributed by atoms with Crippen molar-refractivity contribution in [3.63, 3.8) is 0 Å². The standard InChI is InChI=1S/C23H34N2OS/c26-15-4-8-21-9-10-22(27-21)17-25-14-12-23(19-25)11-5-13-24(18-23)16-20-6-2-1-3-7-20/h9-10,20,26H,1-3,5-7,11-19H2. The molecule has 148 valence electrons. The number of rotatable bonds is 4. The normalized spacial score (nSPS) is 27.7. The van der Waals surface area contributed by atoms with Crippen molar-refractivity contribution in [1.29, 1.82) is 0 Å². The van der Waals surface area contributed by atoms with Gasteiger partial charge >= 0.3 is 0 Å². The van der Waals surface area contributed by atoms with E-state index in [1.807, 2.05) is 0 Å². The van der Waals surface area contributed by atoms with Gasteiger partial charge in [-0.25, -0.2) is 0 Å². The van der Waals surface area contributed by atoms with E-state index in [0.29, 0.717) is 5.41 Å². The summed E-state index contributed by atoms with van der Waals surface area (Å²) in [5.41, 5.74) is 0.545. The van der Waals surface area contributed by atoms with E-state index in [-0.39, 0.29) is 6.61 Å². The molecule has 3 fully saturated rings. The third-order valence-corrected chi connectivity index (χ3v) is 7.82. The second kappa shape index (κ2) is 9.09. The number of aliphatic hydroxyl groups is 1. The Labute approximate surface area is 168 Å². The van der Waals surface area contributed by atoms with Gasteiger partial charge in [-0.2, -0.15) is 0 Å². The van der Waals surface area contributed by atoms with Gasteiger partial charge in [0.25, 0.3) is 0 Å². The van der Waals surface area contributed by atoms with E-state index in [1.165, 1.54) is 89.0 Å². The first-order valence-electron chi connectivity index (χ1n) is 10.9. The van der Waals surface area contributed by atoms with Gasteiger partial charge in [-0.15, -0.1) is 11.3 Å². The molecule has 4 heteroatoms. The molecular weight excluding hydrogens is 352 g/mol. The molecule has 1 N–H and O–H groups in total. The zero-order chi connectivity index (χ0) is 18.5. The first-order chi connectivity index (χ1) is 13.2. The number of hydrogen-bond donors (Lipinski definition) is 1. The Morgan fingerprint density at radius 2 is 1.89 bits per heavy atom. The summed E-state index contributed by atoms with van der Waals surface area (Å²) in [6.07, 6.45) is 11.5. The first kappa shape index (κ1) is 19.5. The summed E-state index contributed by atoms with van der Waals surface area (Å²) in [6, 6.07) is 4.31. The van der Waals surface area contributed by atoms with Crippen molar-refractivity contribution in [2.45, 2.75) is 57.9 Å². The van der Waals surface area contributed by atoms with Gasteiger partial charge in [-0.3, -0.25) is 4.90 Å². The summed E-state index contributed by atoms with van der Waals surface area (Å²) in [7, 11) is 0. The zero-order valence-corrected chi connectivity index (χ0v) is 17.4. The van der Waals surface area contributed by atoms with Gasteiger partial charge in [0.2, 0.25) is 0 Å². The number of likely N-dealkylation sites (tertiary alicyclic amines) is 2. The molecule has 2 saturated heterocycles. The van der Waals surface area contributed by atoms with Gasteiger partial charge < -0.3 is 10.0 Å². The Morgan fingerprint density at radius 1 is 1.04 bits per heavy atom. The molecule has 27 heavy (non-hydrogen) atoms. The number of nitrogens with zero attached hydrogens (tertiary/aromatic N) is 2. The summed E-state index contributed by atoms with van der Waals surface area (Å²) < 4.78 is 0. The topological polar surface area (TPSA) is 26.7 Å². The van der Waals surface area contributed by atoms with Crippen molar-refractivity contribution in [3.05, 3.63) is 21.9 Å². The van der Waals surface area contributed by atoms with Crippen LogP contribution in [0.4, 0.5) is 0 Å². The highest BCUT2D eigenvalue weighted by Gasteiger charge is 2.41. The molecule has 1 spiro atoms. The smallest absolute Gasteiger partial charge is 0.104 e. The van der Waals surface area contributed by atoms with Crippen LogP contribution in [0.15, 0.2) is 12.1 Å². The minimum Gasteiger partial charge on any atom is -0.384 e. The summed E-state index contributed by atoms with van der Waals surface area (Å²) in [5, 5.41) is 8.85. The predicted octanol–water partition coefficient (Wildman–Crippen LogP) is 3.96. The Kier molecular flexibility index (Phi) is 6.55. The van der Waals surface area contributed by atoms with E-state index in [9.17, 15) is 0 Å². The molecule has 0 aromatic carbocycles. The van der Waals surface area contributed by atoms with E-state index in [4.69, 9.17) is 5.11 Å². The SMILES string of the molecule is OCC#Cc1ccc(CN2CCC3(CCCN(CC4CCCCC4)C3)C2)s1. The molecule has 0 bridgehead atoms. The molecule has 0 amide bonds. The van der Waals surface area contributed by atoms with Crippen LogP contribution in [0.1, 0.15) is 61.1 Å². The Balaban J connectivity index is 1.30. The van der Waals surface area contributed by atoms with Crippen molar-refractivity contribution >= 4 is 11.3 Å². The van der Waals surface area contributed by atoms with Crippen LogP contribution in [-0.2, 0) is 6.54 Å². The van der Waals surface area contributed by atoms with Gasteiger partial charge in [0.15, 0.2) is 0 Å². The van der Waals surface area contributed by atoms with E-state index >= 15 is 0 Å². The molecular formula is C23H34N2OS. The lowest BCUT2D eigenvalue weighted by Crippen LogP contribution is -2.46. The predicted molar refractivity (Wildman–Crippen MR) is 113 cm³/mol. The van der Waals surface area contributed by atoms with Crippen LogP contribution in [0.2, 0.25) is 0 Å². The monoisotopic (exact) mass is 386 g/mol. The fourth-order valence-electron chi connectivity index (χ4n) is 5.57. The Bertz CT molecular complexity index is 669. The first-order valence-corrected chi connectivity index (χ1v) is 11.7. The second-order valence-electron chi connectivity index (χ2n) is 9.03. The molecule has 3 aliphatic rings. The number of thiophene rings is 1. The summed E-state index contributed by atoms with van der Waals surface area (Å²) in [4.78, 5) is 7.96. The fraction of sp³-hybridized carbons (Fsp3) is 0.739. The van der Waals surface area contributed by atoms with Gasteiger partial charge in [-0.1, -0.05) is 31.1 Å². The van der Waals surface area contributed by atoms with Crippen LogP contribution < -0.4 is 0 Å². The second-order valence-corrected chi connectivity index (χ2v) is 10.2. The molecule has 4 rings (SSSR count). The van der Waals surface area contributed by atoms with Crippen LogP contribution >= 0.6 is 11.3 Å². The zero-order valence-electron chi connectivity index (χ0n) is 16.6. The third-order valence-electron chi connectivity index (χ3n) is 6.83. The minimum atomic E-state index is -0.0563. The molecule has 3 heterocycles. The van der Waals surface area contributed by atoms with Gasteiger partial charge in [0.05, 0.1) is 4.88 Å². The summed E-state index contributed by atoms with van der Waals surface area (Å²) >= 11 is 1.78. The highest BCUT2D eigenvalue weighted by molar-refractivity contribution is 7.12. The van der Waals surface area contributed by atoms with Crippen molar-refractivity contribution in [3.8, 4) is 11.8 Å². The molecule has 1 unspecified atom stereocenters. The molecule has 0 radical (unpaired) electrons.